The lowest BCUT2D eigenvalue weighted by Crippen LogP contribution is -2.32. The summed E-state index contributed by atoms with van der Waals surface area (Å²) in [5.74, 6) is 0.645. The summed E-state index contributed by atoms with van der Waals surface area (Å²) in [5, 5.41) is 4.17. The third kappa shape index (κ3) is 5.40. The van der Waals surface area contributed by atoms with Crippen LogP contribution in [-0.2, 0) is 11.3 Å². The quantitative estimate of drug-likeness (QED) is 0.733. The van der Waals surface area contributed by atoms with Crippen LogP contribution in [0.1, 0.15) is 35.9 Å². The van der Waals surface area contributed by atoms with Crippen LogP contribution in [0.25, 0.3) is 6.08 Å². The van der Waals surface area contributed by atoms with Gasteiger partial charge in [0.25, 0.3) is 0 Å². The molecule has 138 valence electrons. The molecule has 2 heterocycles. The molecule has 0 saturated carbocycles. The second-order valence-corrected chi connectivity index (χ2v) is 8.38. The number of piperidine rings is 1. The van der Waals surface area contributed by atoms with E-state index in [1.54, 1.807) is 17.4 Å². The van der Waals surface area contributed by atoms with Crippen LogP contribution in [0, 0.1) is 12.8 Å². The third-order valence-corrected chi connectivity index (χ3v) is 5.93. The molecule has 1 N–H and O–H groups in total. The number of likely N-dealkylation sites (tertiary alicyclic amines) is 1. The summed E-state index contributed by atoms with van der Waals surface area (Å²) in [6.45, 7) is 7.53. The maximum atomic E-state index is 12.1. The summed E-state index contributed by atoms with van der Waals surface area (Å²) in [7, 11) is 0. The van der Waals surface area contributed by atoms with E-state index in [1.807, 2.05) is 31.2 Å². The molecule has 0 unspecified atom stereocenters. The fourth-order valence-electron chi connectivity index (χ4n) is 2.98. The summed E-state index contributed by atoms with van der Waals surface area (Å²) in [5.41, 5.74) is 1.89. The molecule has 1 aliphatic rings. The van der Waals surface area contributed by atoms with Crippen molar-refractivity contribution in [3.63, 3.8) is 0 Å². The Hall–Kier alpha value is -1.69. The molecule has 6 heteroatoms. The van der Waals surface area contributed by atoms with E-state index < -0.39 is 0 Å². The molecule has 3 rings (SSSR count). The lowest BCUT2D eigenvalue weighted by Gasteiger charge is -2.29. The average molecular weight is 390 g/mol. The van der Waals surface area contributed by atoms with Crippen LogP contribution in [0.15, 0.2) is 30.3 Å². The molecule has 0 spiro atoms. The Bertz CT molecular complexity index is 794. The molecule has 0 aliphatic carbocycles. The fraction of sp³-hybridized carbons (Fsp3) is 0.400. The van der Waals surface area contributed by atoms with Crippen molar-refractivity contribution in [1.82, 2.24) is 9.88 Å². The fourth-order valence-corrected chi connectivity index (χ4v) is 4.19. The minimum Gasteiger partial charge on any atom is -0.298 e. The number of amides is 1. The summed E-state index contributed by atoms with van der Waals surface area (Å²) in [6.07, 6.45) is 5.77. The Kier molecular flexibility index (Phi) is 6.46. The number of aromatic nitrogens is 1. The number of thiazole rings is 1. The molecule has 0 radical (unpaired) electrons. The van der Waals surface area contributed by atoms with Gasteiger partial charge in [0.1, 0.15) is 0 Å². The monoisotopic (exact) mass is 389 g/mol. The van der Waals surface area contributed by atoms with E-state index in [0.29, 0.717) is 10.2 Å². The molecule has 1 aromatic carbocycles. The van der Waals surface area contributed by atoms with E-state index >= 15 is 0 Å². The molecule has 1 aromatic heterocycles. The third-order valence-electron chi connectivity index (χ3n) is 4.64. The topological polar surface area (TPSA) is 45.2 Å². The molecule has 1 saturated heterocycles. The first kappa shape index (κ1) is 19.1. The maximum absolute atomic E-state index is 12.1. The van der Waals surface area contributed by atoms with Crippen LogP contribution in [0.3, 0.4) is 0 Å². The molecule has 2 aromatic rings. The van der Waals surface area contributed by atoms with Crippen LogP contribution in [-0.4, -0.2) is 28.9 Å². The molecule has 0 bridgehead atoms. The van der Waals surface area contributed by atoms with E-state index in [9.17, 15) is 4.79 Å². The molecule has 1 aliphatic heterocycles. The predicted molar refractivity (Wildman–Crippen MR) is 110 cm³/mol. The van der Waals surface area contributed by atoms with Crippen molar-refractivity contribution in [2.45, 2.75) is 33.2 Å². The van der Waals surface area contributed by atoms with Gasteiger partial charge in [-0.05, 0) is 62.5 Å². The number of hydrogen-bond donors (Lipinski definition) is 1. The first-order chi connectivity index (χ1) is 12.5. The number of aryl methyl sites for hydroxylation is 1. The second-order valence-electron chi connectivity index (χ2n) is 6.86. The molecular weight excluding hydrogens is 366 g/mol. The lowest BCUT2D eigenvalue weighted by atomic mass is 9.99. The van der Waals surface area contributed by atoms with Crippen molar-refractivity contribution >= 4 is 40.1 Å². The van der Waals surface area contributed by atoms with Gasteiger partial charge >= 0.3 is 0 Å². The molecule has 0 atom stereocenters. The number of nitrogens with zero attached hydrogens (tertiary/aromatic N) is 2. The van der Waals surface area contributed by atoms with Crippen LogP contribution in [0.2, 0.25) is 5.02 Å². The zero-order valence-electron chi connectivity index (χ0n) is 15.2. The zero-order chi connectivity index (χ0) is 18.5. The van der Waals surface area contributed by atoms with Gasteiger partial charge in [-0.15, -0.1) is 11.3 Å². The van der Waals surface area contributed by atoms with Crippen molar-refractivity contribution in [2.75, 3.05) is 18.4 Å². The number of carbonyl (C=O) groups excluding carboxylic acids is 1. The van der Waals surface area contributed by atoms with Gasteiger partial charge in [0, 0.05) is 22.5 Å². The van der Waals surface area contributed by atoms with Gasteiger partial charge in [-0.2, -0.15) is 0 Å². The minimum atomic E-state index is -0.183. The Balaban J connectivity index is 1.57. The van der Waals surface area contributed by atoms with Crippen LogP contribution >= 0.6 is 22.9 Å². The number of benzene rings is 1. The minimum absolute atomic E-state index is 0.183. The summed E-state index contributed by atoms with van der Waals surface area (Å²) >= 11 is 7.52. The average Bonchev–Trinajstić information content (AvgIpc) is 2.94. The number of anilines is 1. The highest BCUT2D eigenvalue weighted by Crippen LogP contribution is 2.26. The highest BCUT2D eigenvalue weighted by Gasteiger charge is 2.18. The number of rotatable bonds is 5. The van der Waals surface area contributed by atoms with Gasteiger partial charge < -0.3 is 0 Å². The van der Waals surface area contributed by atoms with Gasteiger partial charge in [0.2, 0.25) is 5.91 Å². The largest absolute Gasteiger partial charge is 0.298 e. The Labute approximate surface area is 163 Å². The van der Waals surface area contributed by atoms with Crippen LogP contribution in [0.5, 0.6) is 0 Å². The van der Waals surface area contributed by atoms with E-state index in [0.717, 1.165) is 36.8 Å². The Morgan fingerprint density at radius 2 is 2.19 bits per heavy atom. The molecule has 26 heavy (non-hydrogen) atoms. The molecule has 1 amide bonds. The highest BCUT2D eigenvalue weighted by atomic mass is 35.5. The molecule has 4 nitrogen and oxygen atoms in total. The number of carbonyl (C=O) groups is 1. The van der Waals surface area contributed by atoms with Crippen molar-refractivity contribution in [3.8, 4) is 0 Å². The van der Waals surface area contributed by atoms with Crippen molar-refractivity contribution in [3.05, 3.63) is 51.5 Å². The SMILES string of the molecule is Cc1nc(NC(=O)/C=C/c2cccc(Cl)c2)sc1CN1CCC(C)CC1. The van der Waals surface area contributed by atoms with Gasteiger partial charge in [-0.25, -0.2) is 4.98 Å². The van der Waals surface area contributed by atoms with Crippen molar-refractivity contribution in [2.24, 2.45) is 5.92 Å². The highest BCUT2D eigenvalue weighted by molar-refractivity contribution is 7.15. The number of halogens is 1. The smallest absolute Gasteiger partial charge is 0.250 e. The van der Waals surface area contributed by atoms with E-state index in [2.05, 4.69) is 22.1 Å². The number of nitrogens with one attached hydrogen (secondary N) is 1. The van der Waals surface area contributed by atoms with E-state index in [-0.39, 0.29) is 5.91 Å². The van der Waals surface area contributed by atoms with Crippen LogP contribution < -0.4 is 5.32 Å². The maximum Gasteiger partial charge on any atom is 0.250 e. The van der Waals surface area contributed by atoms with E-state index in [1.165, 1.54) is 23.8 Å². The zero-order valence-corrected chi connectivity index (χ0v) is 16.7. The van der Waals surface area contributed by atoms with Gasteiger partial charge in [-0.1, -0.05) is 30.7 Å². The summed E-state index contributed by atoms with van der Waals surface area (Å²) in [4.78, 5) is 20.4. The molecule has 1 fully saturated rings. The Morgan fingerprint density at radius 3 is 2.92 bits per heavy atom. The van der Waals surface area contributed by atoms with Gasteiger partial charge in [0.15, 0.2) is 5.13 Å². The first-order valence-corrected chi connectivity index (χ1v) is 10.1. The van der Waals surface area contributed by atoms with E-state index in [4.69, 9.17) is 11.6 Å². The molecular formula is C20H24ClN3OS. The Morgan fingerprint density at radius 1 is 1.42 bits per heavy atom. The second kappa shape index (κ2) is 8.80. The predicted octanol–water partition coefficient (Wildman–Crippen LogP) is 4.99. The van der Waals surface area contributed by atoms with Crippen molar-refractivity contribution in [1.29, 1.82) is 0 Å². The van der Waals surface area contributed by atoms with Crippen molar-refractivity contribution < 1.29 is 4.79 Å². The van der Waals surface area contributed by atoms with Crippen LogP contribution in [0.4, 0.5) is 5.13 Å². The van der Waals surface area contributed by atoms with Gasteiger partial charge in [-0.3, -0.25) is 15.0 Å². The summed E-state index contributed by atoms with van der Waals surface area (Å²) in [6, 6.07) is 7.39. The first-order valence-electron chi connectivity index (χ1n) is 8.93. The normalized spacial score (nSPS) is 16.3. The standard InChI is InChI=1S/C20H24ClN3OS/c1-14-8-10-24(11-9-14)13-18-15(2)22-20(26-18)23-19(25)7-6-16-4-3-5-17(21)12-16/h3-7,12,14H,8-11,13H2,1-2H3,(H,22,23,25)/b7-6+. The number of hydrogen-bond acceptors (Lipinski definition) is 4. The van der Waals surface area contributed by atoms with Gasteiger partial charge in [0.05, 0.1) is 5.69 Å². The lowest BCUT2D eigenvalue weighted by molar-refractivity contribution is -0.111. The summed E-state index contributed by atoms with van der Waals surface area (Å²) < 4.78 is 0.